The van der Waals surface area contributed by atoms with Crippen molar-refractivity contribution >= 4 is 34.8 Å². The van der Waals surface area contributed by atoms with Crippen molar-refractivity contribution in [1.82, 2.24) is 9.80 Å². The molecule has 0 bridgehead atoms. The number of hydrogen-bond donors (Lipinski definition) is 0. The van der Waals surface area contributed by atoms with Gasteiger partial charge in [0, 0.05) is 52.7 Å². The standard InChI is InChI=1S/C24H30N2O3.C23H27ClN2O3/c1-17-9-11-25(12-10-17)13-14-29-22-15-20(7-8-21(22)28-3)26-16-19-6-4-5-18(2)23(19)24(26)27;1-16-7-9-25(10-8-16)11-12-29-22-14-19(4-6-21(22)28-2)26-15-17-13-18(24)3-5-20(17)23(26)27/h4-8,15,17H,9-14,16H2,1-3H3;3-6,13-14,16H,7-12,15H2,1-2H3. The summed E-state index contributed by atoms with van der Waals surface area (Å²) in [5.74, 6) is 4.41. The van der Waals surface area contributed by atoms with Crippen molar-refractivity contribution in [2.75, 3.05) is 76.5 Å². The minimum atomic E-state index is -0.0183. The molecule has 0 atom stereocenters. The van der Waals surface area contributed by atoms with Crippen LogP contribution in [0.4, 0.5) is 11.4 Å². The second-order valence-corrected chi connectivity index (χ2v) is 16.5. The monoisotopic (exact) mass is 808 g/mol. The van der Waals surface area contributed by atoms with Crippen molar-refractivity contribution in [3.05, 3.63) is 106 Å². The third-order valence-corrected chi connectivity index (χ3v) is 12.3. The molecule has 0 saturated carbocycles. The van der Waals surface area contributed by atoms with E-state index in [1.165, 1.54) is 25.7 Å². The van der Waals surface area contributed by atoms with Gasteiger partial charge in [-0.1, -0.05) is 43.6 Å². The van der Waals surface area contributed by atoms with Crippen LogP contribution in [-0.2, 0) is 13.1 Å². The van der Waals surface area contributed by atoms with Crippen molar-refractivity contribution in [3.8, 4) is 23.0 Å². The number of fused-ring (bicyclic) bond motifs is 2. The predicted molar refractivity (Wildman–Crippen MR) is 230 cm³/mol. The fourth-order valence-corrected chi connectivity index (χ4v) is 8.48. The smallest absolute Gasteiger partial charge is 0.259 e. The van der Waals surface area contributed by atoms with E-state index in [-0.39, 0.29) is 11.8 Å². The van der Waals surface area contributed by atoms with Gasteiger partial charge in [-0.05, 0) is 130 Å². The first-order chi connectivity index (χ1) is 28.1. The van der Waals surface area contributed by atoms with Crippen LogP contribution < -0.4 is 28.7 Å². The Hall–Kier alpha value is -4.77. The maximum absolute atomic E-state index is 13.0. The number of carbonyl (C=O) groups is 2. The lowest BCUT2D eigenvalue weighted by Crippen LogP contribution is -2.35. The highest BCUT2D eigenvalue weighted by atomic mass is 35.5. The van der Waals surface area contributed by atoms with Gasteiger partial charge in [0.1, 0.15) is 13.2 Å². The highest BCUT2D eigenvalue weighted by Gasteiger charge is 2.31. The number of methoxy groups -OCH3 is 2. The quantitative estimate of drug-likeness (QED) is 0.140. The van der Waals surface area contributed by atoms with Crippen LogP contribution >= 0.6 is 11.6 Å². The Morgan fingerprint density at radius 3 is 1.66 bits per heavy atom. The van der Waals surface area contributed by atoms with Gasteiger partial charge in [0.05, 0.1) is 27.3 Å². The number of amides is 2. The highest BCUT2D eigenvalue weighted by Crippen LogP contribution is 2.38. The molecule has 2 saturated heterocycles. The van der Waals surface area contributed by atoms with Crippen LogP contribution in [0.25, 0.3) is 0 Å². The zero-order valence-electron chi connectivity index (χ0n) is 34.6. The van der Waals surface area contributed by atoms with E-state index in [1.807, 2.05) is 72.5 Å². The fourth-order valence-electron chi connectivity index (χ4n) is 8.28. The molecule has 4 heterocycles. The molecule has 10 nitrogen and oxygen atoms in total. The summed E-state index contributed by atoms with van der Waals surface area (Å²) in [6.45, 7) is 15.3. The van der Waals surface area contributed by atoms with Gasteiger partial charge < -0.3 is 28.7 Å². The average Bonchev–Trinajstić information content (AvgIpc) is 3.75. The van der Waals surface area contributed by atoms with Crippen molar-refractivity contribution in [3.63, 3.8) is 0 Å². The van der Waals surface area contributed by atoms with Gasteiger partial charge in [0.25, 0.3) is 11.8 Å². The lowest BCUT2D eigenvalue weighted by molar-refractivity contribution is 0.0988. The molecule has 0 aromatic heterocycles. The molecule has 4 aliphatic rings. The Balaban J connectivity index is 0.000000177. The van der Waals surface area contributed by atoms with E-state index in [1.54, 1.807) is 31.3 Å². The summed E-state index contributed by atoms with van der Waals surface area (Å²) in [7, 11) is 3.28. The third-order valence-electron chi connectivity index (χ3n) is 12.0. The summed E-state index contributed by atoms with van der Waals surface area (Å²) >= 11 is 6.09. The Morgan fingerprint density at radius 2 is 1.14 bits per heavy atom. The number of halogens is 1. The lowest BCUT2D eigenvalue weighted by atomic mass is 9.99. The van der Waals surface area contributed by atoms with E-state index in [4.69, 9.17) is 30.5 Å². The van der Waals surface area contributed by atoms with Gasteiger partial charge in [0.15, 0.2) is 23.0 Å². The number of carbonyl (C=O) groups excluding carboxylic acids is 2. The van der Waals surface area contributed by atoms with Crippen molar-refractivity contribution < 1.29 is 28.5 Å². The number of aryl methyl sites for hydroxylation is 1. The van der Waals surface area contributed by atoms with Crippen LogP contribution in [0.5, 0.6) is 23.0 Å². The van der Waals surface area contributed by atoms with E-state index in [9.17, 15) is 9.59 Å². The van der Waals surface area contributed by atoms with Gasteiger partial charge in [-0.2, -0.15) is 0 Å². The fraction of sp³-hybridized carbons (Fsp3) is 0.447. The molecule has 0 aliphatic carbocycles. The van der Waals surface area contributed by atoms with Crippen LogP contribution in [0.1, 0.15) is 76.9 Å². The van der Waals surface area contributed by atoms with Gasteiger partial charge in [0.2, 0.25) is 0 Å². The van der Waals surface area contributed by atoms with E-state index < -0.39 is 0 Å². The zero-order chi connectivity index (χ0) is 40.8. The second-order valence-electron chi connectivity index (χ2n) is 16.1. The van der Waals surface area contributed by atoms with Crippen molar-refractivity contribution in [2.24, 2.45) is 11.8 Å². The molecule has 0 N–H and O–H groups in total. The summed E-state index contributed by atoms with van der Waals surface area (Å²) in [4.78, 5) is 34.3. The van der Waals surface area contributed by atoms with Crippen LogP contribution in [0.2, 0.25) is 5.02 Å². The Bertz CT molecular complexity index is 2080. The second kappa shape index (κ2) is 18.9. The molecule has 2 fully saturated rings. The summed E-state index contributed by atoms with van der Waals surface area (Å²) in [6, 6.07) is 22.8. The summed E-state index contributed by atoms with van der Waals surface area (Å²) in [5, 5.41) is 0.643. The first-order valence-electron chi connectivity index (χ1n) is 20.7. The largest absolute Gasteiger partial charge is 0.493 e. The molecule has 308 valence electrons. The molecule has 0 radical (unpaired) electrons. The first kappa shape index (κ1) is 41.4. The maximum Gasteiger partial charge on any atom is 0.259 e. The molecule has 4 aromatic rings. The topological polar surface area (TPSA) is 84.0 Å². The summed E-state index contributed by atoms with van der Waals surface area (Å²) < 4.78 is 23.1. The summed E-state index contributed by atoms with van der Waals surface area (Å²) in [5.41, 5.74) is 6.21. The molecular weight excluding hydrogens is 752 g/mol. The lowest BCUT2D eigenvalue weighted by Gasteiger charge is -2.30. The average molecular weight is 809 g/mol. The number of anilines is 2. The van der Waals surface area contributed by atoms with Crippen molar-refractivity contribution in [1.29, 1.82) is 0 Å². The molecule has 58 heavy (non-hydrogen) atoms. The molecule has 4 aromatic carbocycles. The Kier molecular flexibility index (Phi) is 13.5. The van der Waals surface area contributed by atoms with Crippen LogP contribution in [0.3, 0.4) is 0 Å². The van der Waals surface area contributed by atoms with E-state index >= 15 is 0 Å². The van der Waals surface area contributed by atoms with E-state index in [0.717, 1.165) is 84.7 Å². The molecule has 4 aliphatic heterocycles. The SMILES string of the molecule is COc1ccc(N2Cc3cc(Cl)ccc3C2=O)cc1OCCN1CCC(C)CC1.COc1ccc(N2Cc3cccc(C)c3C2=O)cc1OCCN1CCC(C)CC1. The van der Waals surface area contributed by atoms with Crippen molar-refractivity contribution in [2.45, 2.75) is 59.5 Å². The summed E-state index contributed by atoms with van der Waals surface area (Å²) in [6.07, 6.45) is 5.02. The normalized spacial score (nSPS) is 17.5. The van der Waals surface area contributed by atoms with Crippen LogP contribution in [-0.4, -0.2) is 88.3 Å². The maximum atomic E-state index is 13.0. The zero-order valence-corrected chi connectivity index (χ0v) is 35.4. The molecular formula is C47H57ClN4O6. The first-order valence-corrected chi connectivity index (χ1v) is 21.1. The third kappa shape index (κ3) is 9.57. The predicted octanol–water partition coefficient (Wildman–Crippen LogP) is 8.89. The Morgan fingerprint density at radius 1 is 0.621 bits per heavy atom. The number of hydrogen-bond acceptors (Lipinski definition) is 8. The molecule has 2 amide bonds. The minimum Gasteiger partial charge on any atom is -0.493 e. The van der Waals surface area contributed by atoms with Crippen LogP contribution in [0.15, 0.2) is 72.8 Å². The highest BCUT2D eigenvalue weighted by molar-refractivity contribution is 6.31. The van der Waals surface area contributed by atoms with Gasteiger partial charge in [-0.25, -0.2) is 0 Å². The molecule has 11 heteroatoms. The number of piperidine rings is 2. The van der Waals surface area contributed by atoms with Gasteiger partial charge in [-0.3, -0.25) is 19.4 Å². The molecule has 8 rings (SSSR count). The Labute approximate surface area is 348 Å². The minimum absolute atomic E-state index is 0.0183. The number of nitrogens with zero attached hydrogens (tertiary/aromatic N) is 4. The molecule has 0 unspecified atom stereocenters. The molecule has 0 spiro atoms. The van der Waals surface area contributed by atoms with Gasteiger partial charge >= 0.3 is 0 Å². The van der Waals surface area contributed by atoms with E-state index in [2.05, 4.69) is 23.6 Å². The number of ether oxygens (including phenoxy) is 4. The number of likely N-dealkylation sites (tertiary alicyclic amines) is 2. The number of benzene rings is 4. The van der Waals surface area contributed by atoms with Gasteiger partial charge in [-0.15, -0.1) is 0 Å². The van der Waals surface area contributed by atoms with E-state index in [0.29, 0.717) is 59.9 Å². The van der Waals surface area contributed by atoms with Crippen LogP contribution in [0, 0.1) is 18.8 Å². The number of rotatable bonds is 12.